The van der Waals surface area contributed by atoms with Gasteiger partial charge in [0.2, 0.25) is 11.8 Å². The summed E-state index contributed by atoms with van der Waals surface area (Å²) in [6.07, 6.45) is 0. The quantitative estimate of drug-likeness (QED) is 0.410. The van der Waals surface area contributed by atoms with Crippen LogP contribution in [0.4, 0.5) is 0 Å². The molecule has 2 aliphatic heterocycles. The Balaban J connectivity index is 1.59. The van der Waals surface area contributed by atoms with Crippen LogP contribution in [0.3, 0.4) is 0 Å². The number of carbonyl (C=O) groups is 3. The summed E-state index contributed by atoms with van der Waals surface area (Å²) in [7, 11) is 0. The van der Waals surface area contributed by atoms with Crippen LogP contribution in [0, 0.1) is 0 Å². The summed E-state index contributed by atoms with van der Waals surface area (Å²) in [5, 5.41) is 12.3. The minimum absolute atomic E-state index is 0.323. The van der Waals surface area contributed by atoms with Crippen molar-refractivity contribution in [2.75, 3.05) is 0 Å². The van der Waals surface area contributed by atoms with Crippen LogP contribution in [-0.2, 0) is 19.8 Å². The normalized spacial score (nSPS) is 22.7. The van der Waals surface area contributed by atoms with Gasteiger partial charge < -0.3 is 15.3 Å². The Morgan fingerprint density at radius 1 is 0.857 bits per heavy atom. The summed E-state index contributed by atoms with van der Waals surface area (Å²) in [5.41, 5.74) is 1.14. The smallest absolute Gasteiger partial charge is 0.327 e. The van der Waals surface area contributed by atoms with Gasteiger partial charge in [-0.2, -0.15) is 0 Å². The maximum Gasteiger partial charge on any atom is 0.327 e. The first-order chi connectivity index (χ1) is 16.8. The van der Waals surface area contributed by atoms with Crippen LogP contribution in [0.2, 0.25) is 0 Å². The van der Waals surface area contributed by atoms with Crippen molar-refractivity contribution in [1.29, 1.82) is 0 Å². The Bertz CT molecular complexity index is 1170. The van der Waals surface area contributed by atoms with Crippen LogP contribution >= 0.6 is 11.8 Å². The predicted octanol–water partition coefficient (Wildman–Crippen LogP) is 3.65. The highest BCUT2D eigenvalue weighted by Crippen LogP contribution is 2.51. The third kappa shape index (κ3) is 3.53. The predicted molar refractivity (Wildman–Crippen MR) is 135 cm³/mol. The molecule has 0 bridgehead atoms. The fraction of sp³-hybridized carbons (Fsp3) is 0.250. The highest BCUT2D eigenvalue weighted by Gasteiger charge is 2.64. The highest BCUT2D eigenvalue weighted by atomic mass is 32.2. The number of fused-ring (bicyclic) bond motifs is 1. The molecule has 3 aromatic carbocycles. The number of nitrogens with zero attached hydrogens (tertiary/aromatic N) is 1. The second kappa shape index (κ2) is 8.57. The number of amides is 2. The van der Waals surface area contributed by atoms with E-state index in [0.29, 0.717) is 0 Å². The van der Waals surface area contributed by atoms with Gasteiger partial charge in [0, 0.05) is 4.75 Å². The van der Waals surface area contributed by atoms with Gasteiger partial charge in [0.1, 0.15) is 22.9 Å². The van der Waals surface area contributed by atoms with Gasteiger partial charge in [0.15, 0.2) is 0 Å². The van der Waals surface area contributed by atoms with Crippen LogP contribution in [0.25, 0.3) is 0 Å². The molecule has 2 N–H and O–H groups in total. The summed E-state index contributed by atoms with van der Waals surface area (Å²) >= 11 is 1.42. The molecule has 2 amide bonds. The Morgan fingerprint density at radius 3 is 1.69 bits per heavy atom. The average molecular weight is 487 g/mol. The third-order valence-electron chi connectivity index (χ3n) is 6.92. The van der Waals surface area contributed by atoms with E-state index in [9.17, 15) is 19.5 Å². The maximum atomic E-state index is 14.4. The van der Waals surface area contributed by atoms with Gasteiger partial charge in [0.25, 0.3) is 0 Å². The van der Waals surface area contributed by atoms with Crippen LogP contribution in [0.1, 0.15) is 30.5 Å². The number of thioether (sulfide) groups is 1. The zero-order valence-corrected chi connectivity index (χ0v) is 20.2. The Hall–Kier alpha value is -3.58. The zero-order valence-electron chi connectivity index (χ0n) is 19.4. The molecule has 2 heterocycles. The molecule has 3 aromatic rings. The SMILES string of the molecule is CC1(C)S[C@@H]2[C@H](NC(=O)C(c3ccccc3)(c3ccccc3)c3ccccc3)C(=O)N2[C@H]1C(=O)O. The van der Waals surface area contributed by atoms with Crippen molar-refractivity contribution in [3.63, 3.8) is 0 Å². The molecule has 0 spiro atoms. The summed E-state index contributed by atoms with van der Waals surface area (Å²) in [6, 6.07) is 26.9. The van der Waals surface area contributed by atoms with Crippen molar-refractivity contribution in [2.24, 2.45) is 0 Å². The van der Waals surface area contributed by atoms with Crippen molar-refractivity contribution < 1.29 is 19.5 Å². The summed E-state index contributed by atoms with van der Waals surface area (Å²) in [4.78, 5) is 40.8. The summed E-state index contributed by atoms with van der Waals surface area (Å²) in [5.74, 6) is -1.72. The molecule has 5 rings (SSSR count). The monoisotopic (exact) mass is 486 g/mol. The molecule has 0 saturated carbocycles. The molecule has 178 valence electrons. The molecule has 7 heteroatoms. The van der Waals surface area contributed by atoms with Crippen molar-refractivity contribution in [3.8, 4) is 0 Å². The van der Waals surface area contributed by atoms with Crippen LogP contribution < -0.4 is 5.32 Å². The van der Waals surface area contributed by atoms with Crippen LogP contribution in [0.15, 0.2) is 91.0 Å². The molecule has 0 aromatic heterocycles. The number of rotatable bonds is 6. The van der Waals surface area contributed by atoms with Crippen LogP contribution in [0.5, 0.6) is 0 Å². The van der Waals surface area contributed by atoms with Gasteiger partial charge in [-0.1, -0.05) is 91.0 Å². The van der Waals surface area contributed by atoms with Crippen molar-refractivity contribution in [2.45, 2.75) is 41.5 Å². The van der Waals surface area contributed by atoms with E-state index in [-0.39, 0.29) is 11.8 Å². The van der Waals surface area contributed by atoms with E-state index in [1.807, 2.05) is 105 Å². The minimum atomic E-state index is -1.20. The number of hydrogen-bond acceptors (Lipinski definition) is 4. The lowest BCUT2D eigenvalue weighted by atomic mass is 9.68. The number of hydrogen-bond donors (Lipinski definition) is 2. The van der Waals surface area contributed by atoms with Crippen LogP contribution in [-0.4, -0.2) is 50.0 Å². The summed E-state index contributed by atoms with van der Waals surface area (Å²) < 4.78 is -0.666. The lowest BCUT2D eigenvalue weighted by Crippen LogP contribution is -2.71. The first kappa shape index (κ1) is 23.2. The molecule has 2 fully saturated rings. The Kier molecular flexibility index (Phi) is 5.68. The number of carbonyl (C=O) groups excluding carboxylic acids is 2. The third-order valence-corrected chi connectivity index (χ3v) is 8.49. The van der Waals surface area contributed by atoms with E-state index < -0.39 is 33.6 Å². The molecule has 0 aliphatic carbocycles. The number of β-lactam (4-membered cyclic amide) rings is 1. The van der Waals surface area contributed by atoms with Gasteiger partial charge in [0.05, 0.1) is 0 Å². The molecule has 2 saturated heterocycles. The molecule has 6 nitrogen and oxygen atoms in total. The minimum Gasteiger partial charge on any atom is -0.480 e. The number of aliphatic carboxylic acids is 1. The van der Waals surface area contributed by atoms with Gasteiger partial charge >= 0.3 is 5.97 Å². The zero-order chi connectivity index (χ0) is 24.8. The lowest BCUT2D eigenvalue weighted by Gasteiger charge is -2.45. The molecular weight excluding hydrogens is 460 g/mol. The van der Waals surface area contributed by atoms with Crippen molar-refractivity contribution >= 4 is 29.5 Å². The second-order valence-corrected chi connectivity index (χ2v) is 11.2. The Morgan fingerprint density at radius 2 is 1.29 bits per heavy atom. The van der Waals surface area contributed by atoms with E-state index in [0.717, 1.165) is 16.7 Å². The molecular formula is C28H26N2O4S. The average Bonchev–Trinajstić information content (AvgIpc) is 3.13. The van der Waals surface area contributed by atoms with Crippen molar-refractivity contribution in [3.05, 3.63) is 108 Å². The standard InChI is InChI=1S/C28H26N2O4S/c1-27(2)22(25(32)33)30-23(31)21(24(30)35-27)29-26(34)28(18-12-6-3-7-13-18,19-14-8-4-9-15-19)20-16-10-5-11-17-20/h3-17,21-22,24H,1-2H3,(H,29,34)(H,32,33)/t21-,22+,24-/m1/s1. The van der Waals surface area contributed by atoms with Crippen molar-refractivity contribution in [1.82, 2.24) is 10.2 Å². The van der Waals surface area contributed by atoms with Gasteiger partial charge in [-0.25, -0.2) is 4.79 Å². The van der Waals surface area contributed by atoms with E-state index in [1.165, 1.54) is 16.7 Å². The fourth-order valence-corrected chi connectivity index (χ4v) is 6.98. The molecule has 0 radical (unpaired) electrons. The number of carboxylic acid groups (broad SMARTS) is 1. The van der Waals surface area contributed by atoms with Gasteiger partial charge in [-0.3, -0.25) is 9.59 Å². The van der Waals surface area contributed by atoms with E-state index >= 15 is 0 Å². The lowest BCUT2D eigenvalue weighted by molar-refractivity contribution is -0.161. The second-order valence-electron chi connectivity index (χ2n) is 9.40. The first-order valence-electron chi connectivity index (χ1n) is 11.5. The van der Waals surface area contributed by atoms with Gasteiger partial charge in [-0.05, 0) is 30.5 Å². The van der Waals surface area contributed by atoms with E-state index in [1.54, 1.807) is 0 Å². The van der Waals surface area contributed by atoms with E-state index in [2.05, 4.69) is 5.32 Å². The number of nitrogens with one attached hydrogen (secondary N) is 1. The largest absolute Gasteiger partial charge is 0.480 e. The first-order valence-corrected chi connectivity index (χ1v) is 12.4. The molecule has 2 aliphatic rings. The maximum absolute atomic E-state index is 14.4. The molecule has 0 unspecified atom stereocenters. The van der Waals surface area contributed by atoms with Gasteiger partial charge in [-0.15, -0.1) is 11.8 Å². The Labute approximate surface area is 208 Å². The molecule has 3 atom stereocenters. The highest BCUT2D eigenvalue weighted by molar-refractivity contribution is 8.01. The number of benzene rings is 3. The van der Waals surface area contributed by atoms with E-state index in [4.69, 9.17) is 0 Å². The number of carboxylic acids is 1. The molecule has 35 heavy (non-hydrogen) atoms. The topological polar surface area (TPSA) is 86.7 Å². The summed E-state index contributed by atoms with van der Waals surface area (Å²) in [6.45, 7) is 3.65. The fourth-order valence-electron chi connectivity index (χ4n) is 5.35.